The van der Waals surface area contributed by atoms with Gasteiger partial charge in [-0.05, 0) is 18.6 Å². The van der Waals surface area contributed by atoms with E-state index in [1.807, 2.05) is 26.0 Å². The van der Waals surface area contributed by atoms with Gasteiger partial charge in [0.25, 0.3) is 0 Å². The van der Waals surface area contributed by atoms with Crippen molar-refractivity contribution in [3.8, 4) is 5.75 Å². The molecule has 0 heterocycles. The first kappa shape index (κ1) is 13.6. The lowest BCUT2D eigenvalue weighted by molar-refractivity contribution is 0.259. The summed E-state index contributed by atoms with van der Waals surface area (Å²) >= 11 is 5.95. The summed E-state index contributed by atoms with van der Waals surface area (Å²) in [4.78, 5) is 0. The third-order valence-corrected chi connectivity index (χ3v) is 2.93. The second kappa shape index (κ2) is 5.77. The zero-order chi connectivity index (χ0) is 12.9. The highest BCUT2D eigenvalue weighted by Gasteiger charge is 2.23. The number of oxime groups is 1. The molecular formula is C12H17ClN2O2. The van der Waals surface area contributed by atoms with E-state index in [-0.39, 0.29) is 5.84 Å². The number of hydrogen-bond acceptors (Lipinski definition) is 3. The van der Waals surface area contributed by atoms with Crippen LogP contribution >= 0.6 is 11.6 Å². The van der Waals surface area contributed by atoms with Crippen LogP contribution in [-0.2, 0) is 0 Å². The van der Waals surface area contributed by atoms with E-state index in [0.29, 0.717) is 23.8 Å². The van der Waals surface area contributed by atoms with Gasteiger partial charge in [0.05, 0.1) is 11.6 Å². The first-order valence-corrected chi connectivity index (χ1v) is 5.70. The molecule has 1 aromatic rings. The Kier molecular flexibility index (Phi) is 4.63. The molecule has 1 aromatic carbocycles. The molecule has 4 nitrogen and oxygen atoms in total. The summed E-state index contributed by atoms with van der Waals surface area (Å²) in [6, 6.07) is 7.27. The van der Waals surface area contributed by atoms with Gasteiger partial charge in [0.15, 0.2) is 0 Å². The Hall–Kier alpha value is -1.42. The van der Waals surface area contributed by atoms with Gasteiger partial charge in [-0.1, -0.05) is 42.7 Å². The van der Waals surface area contributed by atoms with Gasteiger partial charge in [-0.25, -0.2) is 0 Å². The molecule has 0 saturated carbocycles. The van der Waals surface area contributed by atoms with Crippen LogP contribution in [0.15, 0.2) is 29.4 Å². The number of nitrogens with zero attached hydrogens (tertiary/aromatic N) is 1. The molecule has 0 aliphatic rings. The van der Waals surface area contributed by atoms with Crippen molar-refractivity contribution in [3.63, 3.8) is 0 Å². The van der Waals surface area contributed by atoms with Gasteiger partial charge in [0.1, 0.15) is 11.6 Å². The second-order valence-corrected chi connectivity index (χ2v) is 4.81. The summed E-state index contributed by atoms with van der Waals surface area (Å²) in [7, 11) is 0. The molecule has 0 unspecified atom stereocenters. The number of rotatable bonds is 5. The summed E-state index contributed by atoms with van der Waals surface area (Å²) < 4.78 is 5.54. The van der Waals surface area contributed by atoms with Gasteiger partial charge >= 0.3 is 0 Å². The average Bonchev–Trinajstić information content (AvgIpc) is 2.30. The summed E-state index contributed by atoms with van der Waals surface area (Å²) in [6.45, 7) is 4.23. The van der Waals surface area contributed by atoms with Gasteiger partial charge in [-0.15, -0.1) is 0 Å². The monoisotopic (exact) mass is 256 g/mol. The smallest absolute Gasteiger partial charge is 0.144 e. The summed E-state index contributed by atoms with van der Waals surface area (Å²) in [5.41, 5.74) is 5.17. The van der Waals surface area contributed by atoms with Crippen molar-refractivity contribution < 1.29 is 9.94 Å². The minimum absolute atomic E-state index is 0.195. The molecule has 1 rings (SSSR count). The van der Waals surface area contributed by atoms with Crippen molar-refractivity contribution in [2.24, 2.45) is 16.3 Å². The van der Waals surface area contributed by atoms with Crippen LogP contribution in [0.4, 0.5) is 0 Å². The van der Waals surface area contributed by atoms with Gasteiger partial charge in [-0.2, -0.15) is 0 Å². The summed E-state index contributed by atoms with van der Waals surface area (Å²) in [5.74, 6) is 0.838. The van der Waals surface area contributed by atoms with E-state index in [9.17, 15) is 0 Å². The summed E-state index contributed by atoms with van der Waals surface area (Å²) in [5, 5.41) is 12.2. The lowest BCUT2D eigenvalue weighted by atomic mass is 9.88. The van der Waals surface area contributed by atoms with Crippen LogP contribution in [0.3, 0.4) is 0 Å². The normalized spacial score (nSPS) is 12.5. The van der Waals surface area contributed by atoms with Crippen LogP contribution < -0.4 is 10.5 Å². The molecule has 0 radical (unpaired) electrons. The van der Waals surface area contributed by atoms with Gasteiger partial charge in [-0.3, -0.25) is 0 Å². The Morgan fingerprint density at radius 3 is 2.71 bits per heavy atom. The fraction of sp³-hybridized carbons (Fsp3) is 0.417. The van der Waals surface area contributed by atoms with Crippen LogP contribution in [0.25, 0.3) is 0 Å². The molecule has 0 fully saturated rings. The minimum Gasteiger partial charge on any atom is -0.492 e. The highest BCUT2D eigenvalue weighted by molar-refractivity contribution is 6.32. The minimum atomic E-state index is -0.407. The molecule has 3 N–H and O–H groups in total. The lowest BCUT2D eigenvalue weighted by Gasteiger charge is -2.22. The van der Waals surface area contributed by atoms with E-state index in [4.69, 9.17) is 27.3 Å². The Labute approximate surface area is 106 Å². The molecule has 0 aliphatic heterocycles. The predicted octanol–water partition coefficient (Wildman–Crippen LogP) is 2.88. The molecule has 5 heteroatoms. The number of hydrogen-bond donors (Lipinski definition) is 2. The van der Waals surface area contributed by atoms with Crippen molar-refractivity contribution in [1.29, 1.82) is 0 Å². The number of para-hydroxylation sites is 1. The topological polar surface area (TPSA) is 67.8 Å². The van der Waals surface area contributed by atoms with Crippen LogP contribution in [0.1, 0.15) is 20.3 Å². The maximum Gasteiger partial charge on any atom is 0.144 e. The third-order valence-electron chi connectivity index (χ3n) is 2.62. The number of halogens is 1. The Balaban J connectivity index is 2.51. The van der Waals surface area contributed by atoms with Crippen molar-refractivity contribution in [2.45, 2.75) is 20.3 Å². The standard InChI is InChI=1S/C12H17ClN2O2/c1-12(2,11(14)15-16)7-8-17-10-6-4-3-5-9(10)13/h3-6,16H,7-8H2,1-2H3,(H2,14,15). The van der Waals surface area contributed by atoms with E-state index in [1.165, 1.54) is 0 Å². The number of benzene rings is 1. The van der Waals surface area contributed by atoms with E-state index in [0.717, 1.165) is 0 Å². The lowest BCUT2D eigenvalue weighted by Crippen LogP contribution is -2.33. The van der Waals surface area contributed by atoms with E-state index >= 15 is 0 Å². The predicted molar refractivity (Wildman–Crippen MR) is 68.8 cm³/mol. The SMILES string of the molecule is CC(C)(CCOc1ccccc1Cl)C(N)=NO. The van der Waals surface area contributed by atoms with Crippen LogP contribution in [0.2, 0.25) is 5.02 Å². The number of ether oxygens (including phenoxy) is 1. The van der Waals surface area contributed by atoms with Crippen molar-refractivity contribution in [1.82, 2.24) is 0 Å². The molecule has 0 saturated heterocycles. The summed E-state index contributed by atoms with van der Waals surface area (Å²) in [6.07, 6.45) is 0.633. The van der Waals surface area contributed by atoms with Gasteiger partial charge in [0, 0.05) is 5.41 Å². The molecule has 94 valence electrons. The van der Waals surface area contributed by atoms with Gasteiger partial charge < -0.3 is 15.7 Å². The fourth-order valence-electron chi connectivity index (χ4n) is 1.24. The second-order valence-electron chi connectivity index (χ2n) is 4.40. The molecule has 0 aliphatic carbocycles. The van der Waals surface area contributed by atoms with Crippen LogP contribution in [0.5, 0.6) is 5.75 Å². The zero-order valence-electron chi connectivity index (χ0n) is 9.98. The number of nitrogens with two attached hydrogens (primary N) is 1. The fourth-order valence-corrected chi connectivity index (χ4v) is 1.43. The first-order valence-electron chi connectivity index (χ1n) is 5.32. The van der Waals surface area contributed by atoms with Crippen molar-refractivity contribution in [2.75, 3.05) is 6.61 Å². The molecule has 0 aromatic heterocycles. The highest BCUT2D eigenvalue weighted by Crippen LogP contribution is 2.25. The quantitative estimate of drug-likeness (QED) is 0.368. The average molecular weight is 257 g/mol. The van der Waals surface area contributed by atoms with E-state index in [2.05, 4.69) is 5.16 Å². The maximum atomic E-state index is 8.63. The van der Waals surface area contributed by atoms with E-state index < -0.39 is 5.41 Å². The van der Waals surface area contributed by atoms with Crippen molar-refractivity contribution >= 4 is 17.4 Å². The molecule has 0 amide bonds. The number of amidine groups is 1. The molecule has 0 bridgehead atoms. The van der Waals surface area contributed by atoms with E-state index in [1.54, 1.807) is 12.1 Å². The Morgan fingerprint density at radius 1 is 1.47 bits per heavy atom. The Bertz CT molecular complexity index is 405. The molecule has 17 heavy (non-hydrogen) atoms. The van der Waals surface area contributed by atoms with Crippen molar-refractivity contribution in [3.05, 3.63) is 29.3 Å². The van der Waals surface area contributed by atoms with Crippen LogP contribution in [-0.4, -0.2) is 17.6 Å². The third kappa shape index (κ3) is 3.82. The first-order chi connectivity index (χ1) is 7.97. The van der Waals surface area contributed by atoms with Gasteiger partial charge in [0.2, 0.25) is 0 Å². The highest BCUT2D eigenvalue weighted by atomic mass is 35.5. The molecular weight excluding hydrogens is 240 g/mol. The Morgan fingerprint density at radius 2 is 2.12 bits per heavy atom. The zero-order valence-corrected chi connectivity index (χ0v) is 10.7. The molecule has 0 spiro atoms. The largest absolute Gasteiger partial charge is 0.492 e. The molecule has 0 atom stereocenters. The van der Waals surface area contributed by atoms with Crippen LogP contribution in [0, 0.1) is 5.41 Å². The maximum absolute atomic E-state index is 8.63.